The van der Waals surface area contributed by atoms with Gasteiger partial charge in [-0.2, -0.15) is 0 Å². The number of hydrogen-bond donors (Lipinski definition) is 0. The van der Waals surface area contributed by atoms with Crippen LogP contribution in [0.3, 0.4) is 0 Å². The Balaban J connectivity index is 1.61. The summed E-state index contributed by atoms with van der Waals surface area (Å²) in [5, 5.41) is 0. The number of aryl methyl sites for hydroxylation is 2. The molecule has 0 aromatic heterocycles. The average Bonchev–Trinajstić information content (AvgIpc) is 2.57. The van der Waals surface area contributed by atoms with Crippen LogP contribution in [-0.2, 0) is 25.7 Å². The summed E-state index contributed by atoms with van der Waals surface area (Å²) in [7, 11) is 0. The minimum Gasteiger partial charge on any atom is -0.204 e. The molecule has 0 N–H and O–H groups in total. The molecule has 1 unspecified atom stereocenters. The molecule has 2 aromatic carbocycles. The molecule has 0 fully saturated rings. The molecule has 2 heteroatoms. The lowest BCUT2D eigenvalue weighted by molar-refractivity contribution is 0.409. The topological polar surface area (TPSA) is 0 Å². The van der Waals surface area contributed by atoms with Crippen molar-refractivity contribution in [3.63, 3.8) is 0 Å². The van der Waals surface area contributed by atoms with E-state index in [1.54, 1.807) is 6.07 Å². The van der Waals surface area contributed by atoms with Crippen LogP contribution in [0, 0.1) is 17.6 Å². The van der Waals surface area contributed by atoms with Crippen LogP contribution in [0.1, 0.15) is 42.0 Å². The molecule has 22 heavy (non-hydrogen) atoms. The van der Waals surface area contributed by atoms with E-state index in [9.17, 15) is 8.78 Å². The zero-order chi connectivity index (χ0) is 15.5. The summed E-state index contributed by atoms with van der Waals surface area (Å²) in [5.74, 6) is -0.775. The Bertz CT molecular complexity index is 644. The van der Waals surface area contributed by atoms with Crippen LogP contribution in [0.4, 0.5) is 8.78 Å². The molecule has 116 valence electrons. The lowest BCUT2D eigenvalue weighted by atomic mass is 9.81. The summed E-state index contributed by atoms with van der Waals surface area (Å²) in [6, 6.07) is 11.8. The first-order valence-electron chi connectivity index (χ1n) is 8.21. The van der Waals surface area contributed by atoms with Crippen LogP contribution in [0.15, 0.2) is 36.4 Å². The van der Waals surface area contributed by atoms with Gasteiger partial charge in [0, 0.05) is 0 Å². The van der Waals surface area contributed by atoms with Gasteiger partial charge in [0.15, 0.2) is 11.6 Å². The van der Waals surface area contributed by atoms with E-state index in [1.165, 1.54) is 17.2 Å². The minimum atomic E-state index is -0.715. The average molecular weight is 300 g/mol. The summed E-state index contributed by atoms with van der Waals surface area (Å²) in [6.07, 6.45) is 5.75. The van der Waals surface area contributed by atoms with E-state index in [1.807, 2.05) is 0 Å². The zero-order valence-electron chi connectivity index (χ0n) is 13.0. The van der Waals surface area contributed by atoms with E-state index in [2.05, 4.69) is 31.2 Å². The molecule has 2 aromatic rings. The van der Waals surface area contributed by atoms with Crippen molar-refractivity contribution in [1.82, 2.24) is 0 Å². The molecular formula is C20H22F2. The van der Waals surface area contributed by atoms with Gasteiger partial charge < -0.3 is 0 Å². The smallest absolute Gasteiger partial charge is 0.162 e. The van der Waals surface area contributed by atoms with Crippen molar-refractivity contribution < 1.29 is 8.78 Å². The molecule has 1 aliphatic rings. The second kappa shape index (κ2) is 6.60. The molecule has 3 rings (SSSR count). The van der Waals surface area contributed by atoms with E-state index < -0.39 is 11.6 Å². The van der Waals surface area contributed by atoms with Crippen molar-refractivity contribution in [2.75, 3.05) is 0 Å². The van der Waals surface area contributed by atoms with Crippen molar-refractivity contribution >= 4 is 0 Å². The summed E-state index contributed by atoms with van der Waals surface area (Å²) < 4.78 is 27.0. The molecule has 0 spiro atoms. The van der Waals surface area contributed by atoms with Crippen molar-refractivity contribution in [1.29, 1.82) is 0 Å². The monoisotopic (exact) mass is 300 g/mol. The molecule has 0 saturated carbocycles. The first-order valence-corrected chi connectivity index (χ1v) is 8.21. The standard InChI is InChI=1S/C20H22F2/c1-2-14-3-5-15(6-4-14)7-8-16-9-11-18-17(13-16)10-12-19(21)20(18)22/h3-6,10,12,16H,2,7-9,11,13H2,1H3. The minimum absolute atomic E-state index is 0.572. The third-order valence-electron chi connectivity index (χ3n) is 4.88. The first kappa shape index (κ1) is 15.2. The van der Waals surface area contributed by atoms with Gasteiger partial charge in [-0.1, -0.05) is 37.3 Å². The van der Waals surface area contributed by atoms with Crippen LogP contribution < -0.4 is 0 Å². The maximum atomic E-state index is 13.8. The van der Waals surface area contributed by atoms with Crippen LogP contribution in [-0.4, -0.2) is 0 Å². The Labute approximate surface area is 131 Å². The van der Waals surface area contributed by atoms with Crippen molar-refractivity contribution in [3.8, 4) is 0 Å². The van der Waals surface area contributed by atoms with Gasteiger partial charge in [-0.3, -0.25) is 0 Å². The maximum Gasteiger partial charge on any atom is 0.162 e. The van der Waals surface area contributed by atoms with Crippen LogP contribution in [0.25, 0.3) is 0 Å². The number of benzene rings is 2. The Morgan fingerprint density at radius 2 is 1.73 bits per heavy atom. The largest absolute Gasteiger partial charge is 0.204 e. The lowest BCUT2D eigenvalue weighted by Gasteiger charge is -2.25. The number of rotatable bonds is 4. The first-order chi connectivity index (χ1) is 10.7. The van der Waals surface area contributed by atoms with Gasteiger partial charge in [-0.05, 0) is 72.8 Å². The molecule has 0 nitrogen and oxygen atoms in total. The predicted octanol–water partition coefficient (Wildman–Crippen LogP) is 5.26. The van der Waals surface area contributed by atoms with Gasteiger partial charge in [0.05, 0.1) is 0 Å². The Morgan fingerprint density at radius 3 is 2.45 bits per heavy atom. The molecule has 1 atom stereocenters. The molecule has 0 aliphatic heterocycles. The fraction of sp³-hybridized carbons (Fsp3) is 0.400. The quantitative estimate of drug-likeness (QED) is 0.722. The third-order valence-corrected chi connectivity index (χ3v) is 4.88. The summed E-state index contributed by atoms with van der Waals surface area (Å²) in [4.78, 5) is 0. The Hall–Kier alpha value is -1.70. The van der Waals surface area contributed by atoms with Gasteiger partial charge >= 0.3 is 0 Å². The van der Waals surface area contributed by atoms with E-state index >= 15 is 0 Å². The Kier molecular flexibility index (Phi) is 4.56. The number of halogens is 2. The van der Waals surface area contributed by atoms with Crippen molar-refractivity contribution in [3.05, 3.63) is 70.3 Å². The Morgan fingerprint density at radius 1 is 1.00 bits per heavy atom. The molecule has 0 radical (unpaired) electrons. The second-order valence-corrected chi connectivity index (χ2v) is 6.32. The van der Waals surface area contributed by atoms with Crippen molar-refractivity contribution in [2.45, 2.75) is 45.4 Å². The van der Waals surface area contributed by atoms with Gasteiger partial charge in [0.2, 0.25) is 0 Å². The van der Waals surface area contributed by atoms with Crippen LogP contribution in [0.2, 0.25) is 0 Å². The SMILES string of the molecule is CCc1ccc(CCC2CCc3c(ccc(F)c3F)C2)cc1. The molecular weight excluding hydrogens is 278 g/mol. The molecule has 0 heterocycles. The molecule has 0 amide bonds. The van der Waals surface area contributed by atoms with E-state index in [4.69, 9.17) is 0 Å². The van der Waals surface area contributed by atoms with Crippen LogP contribution >= 0.6 is 0 Å². The third kappa shape index (κ3) is 3.21. The predicted molar refractivity (Wildman–Crippen MR) is 86.0 cm³/mol. The normalized spacial score (nSPS) is 17.3. The molecule has 0 bridgehead atoms. The fourth-order valence-electron chi connectivity index (χ4n) is 3.41. The number of fused-ring (bicyclic) bond motifs is 1. The van der Waals surface area contributed by atoms with Gasteiger partial charge in [0.25, 0.3) is 0 Å². The van der Waals surface area contributed by atoms with E-state index in [0.29, 0.717) is 17.9 Å². The molecule has 1 aliphatic carbocycles. The summed E-state index contributed by atoms with van der Waals surface area (Å²) in [5.41, 5.74) is 4.33. The zero-order valence-corrected chi connectivity index (χ0v) is 13.0. The van der Waals surface area contributed by atoms with Crippen molar-refractivity contribution in [2.24, 2.45) is 5.92 Å². The van der Waals surface area contributed by atoms with Crippen LogP contribution in [0.5, 0.6) is 0 Å². The highest BCUT2D eigenvalue weighted by Crippen LogP contribution is 2.31. The molecule has 0 saturated heterocycles. The lowest BCUT2D eigenvalue weighted by Crippen LogP contribution is -2.17. The van der Waals surface area contributed by atoms with Gasteiger partial charge in [-0.25, -0.2) is 8.78 Å². The fourth-order valence-corrected chi connectivity index (χ4v) is 3.41. The maximum absolute atomic E-state index is 13.8. The van der Waals surface area contributed by atoms with E-state index in [-0.39, 0.29) is 0 Å². The number of hydrogen-bond acceptors (Lipinski definition) is 0. The van der Waals surface area contributed by atoms with E-state index in [0.717, 1.165) is 37.7 Å². The second-order valence-electron chi connectivity index (χ2n) is 6.32. The summed E-state index contributed by atoms with van der Waals surface area (Å²) in [6.45, 7) is 2.16. The van der Waals surface area contributed by atoms with Gasteiger partial charge in [-0.15, -0.1) is 0 Å². The summed E-state index contributed by atoms with van der Waals surface area (Å²) >= 11 is 0. The highest BCUT2D eigenvalue weighted by atomic mass is 19.2. The highest BCUT2D eigenvalue weighted by molar-refractivity contribution is 5.32. The van der Waals surface area contributed by atoms with Gasteiger partial charge in [0.1, 0.15) is 0 Å². The highest BCUT2D eigenvalue weighted by Gasteiger charge is 2.22.